The zero-order valence-corrected chi connectivity index (χ0v) is 18.6. The first-order valence-corrected chi connectivity index (χ1v) is 12.2. The Kier molecular flexibility index (Phi) is 7.74. The van der Waals surface area contributed by atoms with Gasteiger partial charge in [0.25, 0.3) is 0 Å². The van der Waals surface area contributed by atoms with Gasteiger partial charge in [0.1, 0.15) is 6.04 Å². The minimum absolute atomic E-state index is 0.503. The molecule has 1 aliphatic heterocycles. The van der Waals surface area contributed by atoms with Crippen molar-refractivity contribution in [1.82, 2.24) is 9.88 Å². The highest BCUT2D eigenvalue weighted by Crippen LogP contribution is 2.30. The average Bonchev–Trinajstić information content (AvgIpc) is 3.25. The van der Waals surface area contributed by atoms with Gasteiger partial charge < -0.3 is 5.11 Å². The number of carboxylic acid groups (broad SMARTS) is 1. The summed E-state index contributed by atoms with van der Waals surface area (Å²) in [5, 5.41) is 9.76. The minimum atomic E-state index is -0.733. The van der Waals surface area contributed by atoms with Crippen LogP contribution in [-0.2, 0) is 24.1 Å². The van der Waals surface area contributed by atoms with Crippen LogP contribution in [0.5, 0.6) is 0 Å². The van der Waals surface area contributed by atoms with E-state index in [0.29, 0.717) is 5.92 Å². The number of benzene rings is 1. The minimum Gasteiger partial charge on any atom is -0.480 e. The number of rotatable bonds is 10. The van der Waals surface area contributed by atoms with E-state index < -0.39 is 12.0 Å². The maximum atomic E-state index is 11.9. The Morgan fingerprint density at radius 1 is 1.10 bits per heavy atom. The zero-order valence-electron chi connectivity index (χ0n) is 18.6. The van der Waals surface area contributed by atoms with E-state index in [4.69, 9.17) is 4.98 Å². The predicted molar refractivity (Wildman–Crippen MR) is 124 cm³/mol. The highest BCUT2D eigenvalue weighted by atomic mass is 16.4. The Bertz CT molecular complexity index is 852. The second-order valence-electron chi connectivity index (χ2n) is 9.41. The van der Waals surface area contributed by atoms with Crippen LogP contribution in [0.2, 0.25) is 0 Å². The quantitative estimate of drug-likeness (QED) is 0.508. The van der Waals surface area contributed by atoms with Gasteiger partial charge in [-0.2, -0.15) is 0 Å². The normalized spacial score (nSPS) is 19.8. The van der Waals surface area contributed by atoms with Crippen LogP contribution in [0.1, 0.15) is 79.8 Å². The van der Waals surface area contributed by atoms with Gasteiger partial charge in [-0.3, -0.25) is 14.7 Å². The molecule has 0 saturated carbocycles. The van der Waals surface area contributed by atoms with E-state index in [2.05, 4.69) is 17.2 Å². The van der Waals surface area contributed by atoms with Gasteiger partial charge in [-0.05, 0) is 80.5 Å². The van der Waals surface area contributed by atoms with E-state index in [-0.39, 0.29) is 0 Å². The molecule has 1 aliphatic carbocycles. The first-order valence-electron chi connectivity index (χ1n) is 12.2. The van der Waals surface area contributed by atoms with Gasteiger partial charge in [0, 0.05) is 18.4 Å². The van der Waals surface area contributed by atoms with Crippen molar-refractivity contribution in [2.45, 2.75) is 76.7 Å². The molecule has 1 fully saturated rings. The van der Waals surface area contributed by atoms with Crippen LogP contribution in [0.15, 0.2) is 42.6 Å². The molecule has 166 valence electrons. The molecule has 1 aromatic carbocycles. The van der Waals surface area contributed by atoms with Crippen LogP contribution in [0, 0.1) is 5.92 Å². The van der Waals surface area contributed by atoms with E-state index in [1.54, 1.807) is 0 Å². The van der Waals surface area contributed by atoms with Crippen LogP contribution in [-0.4, -0.2) is 34.0 Å². The zero-order chi connectivity index (χ0) is 21.5. The molecule has 0 spiro atoms. The molecular weight excluding hydrogens is 384 g/mol. The highest BCUT2D eigenvalue weighted by molar-refractivity contribution is 5.75. The molecule has 2 aromatic rings. The van der Waals surface area contributed by atoms with Gasteiger partial charge in [-0.1, -0.05) is 55.7 Å². The van der Waals surface area contributed by atoms with Gasteiger partial charge in [-0.25, -0.2) is 0 Å². The fraction of sp³-hybridized carbons (Fsp3) is 0.556. The van der Waals surface area contributed by atoms with Crippen molar-refractivity contribution >= 4 is 5.97 Å². The van der Waals surface area contributed by atoms with Crippen molar-refractivity contribution in [1.29, 1.82) is 0 Å². The fourth-order valence-electron chi connectivity index (χ4n) is 5.37. The fourth-order valence-corrected chi connectivity index (χ4v) is 5.37. The number of likely N-dealkylation sites (tertiary alicyclic amines) is 1. The number of hydrogen-bond acceptors (Lipinski definition) is 3. The van der Waals surface area contributed by atoms with Crippen LogP contribution in [0.25, 0.3) is 0 Å². The first-order chi connectivity index (χ1) is 15.2. The number of aryl methyl sites for hydroxylation is 3. The lowest BCUT2D eigenvalue weighted by Crippen LogP contribution is -2.32. The highest BCUT2D eigenvalue weighted by Gasteiger charge is 2.33. The molecule has 1 unspecified atom stereocenters. The first kappa shape index (κ1) is 22.0. The lowest BCUT2D eigenvalue weighted by atomic mass is 9.94. The number of nitrogens with zero attached hydrogens (tertiary/aromatic N) is 2. The largest absolute Gasteiger partial charge is 0.480 e. The van der Waals surface area contributed by atoms with E-state index >= 15 is 0 Å². The second kappa shape index (κ2) is 10.9. The van der Waals surface area contributed by atoms with Crippen molar-refractivity contribution in [3.05, 3.63) is 65.0 Å². The molecular formula is C27H36N2O2. The maximum Gasteiger partial charge on any atom is 0.325 e. The third kappa shape index (κ3) is 5.94. The molecule has 2 aliphatic rings. The van der Waals surface area contributed by atoms with Crippen molar-refractivity contribution in [3.63, 3.8) is 0 Å². The molecule has 1 saturated heterocycles. The summed E-state index contributed by atoms with van der Waals surface area (Å²) < 4.78 is 0. The number of aromatic nitrogens is 1. The molecule has 4 heteroatoms. The molecule has 1 aromatic heterocycles. The molecule has 4 rings (SSSR count). The molecule has 0 amide bonds. The molecule has 31 heavy (non-hydrogen) atoms. The average molecular weight is 421 g/mol. The van der Waals surface area contributed by atoms with E-state index in [1.165, 1.54) is 68.2 Å². The lowest BCUT2D eigenvalue weighted by Gasteiger charge is -2.24. The van der Waals surface area contributed by atoms with Gasteiger partial charge in [0.2, 0.25) is 0 Å². The maximum absolute atomic E-state index is 11.9. The predicted octanol–water partition coefficient (Wildman–Crippen LogP) is 5.60. The molecule has 4 nitrogen and oxygen atoms in total. The number of hydrogen-bond donors (Lipinski definition) is 1. The van der Waals surface area contributed by atoms with E-state index in [1.807, 2.05) is 30.3 Å². The Morgan fingerprint density at radius 2 is 1.90 bits per heavy atom. The summed E-state index contributed by atoms with van der Waals surface area (Å²) in [6.07, 6.45) is 15.6. The Balaban J connectivity index is 1.15. The standard InChI is InChI=1S/C27H36N2O2/c30-27(31)26(23-12-6-3-7-13-23)29-17-16-21(20-29)10-4-1-2-5-11-22-18-24-14-8-9-15-25(24)28-19-22/h3,6-7,12-13,18-19,21,26H,1-2,4-5,8-11,14-17,20H2,(H,30,31)/t21-,26?/m1/s1. The summed E-state index contributed by atoms with van der Waals surface area (Å²) in [5.41, 5.74) is 5.13. The number of pyridine rings is 1. The third-order valence-corrected chi connectivity index (χ3v) is 7.09. The molecule has 0 radical (unpaired) electrons. The summed E-state index contributed by atoms with van der Waals surface area (Å²) in [4.78, 5) is 18.7. The number of unbranched alkanes of at least 4 members (excludes halogenated alkanes) is 3. The summed E-state index contributed by atoms with van der Waals surface area (Å²) >= 11 is 0. The van der Waals surface area contributed by atoms with E-state index in [9.17, 15) is 9.90 Å². The van der Waals surface area contributed by atoms with Gasteiger partial charge in [0.15, 0.2) is 0 Å². The summed E-state index contributed by atoms with van der Waals surface area (Å²) in [6.45, 7) is 1.80. The molecule has 0 bridgehead atoms. The van der Waals surface area contributed by atoms with Crippen molar-refractivity contribution in [2.24, 2.45) is 5.92 Å². The summed E-state index contributed by atoms with van der Waals surface area (Å²) in [7, 11) is 0. The number of fused-ring (bicyclic) bond motifs is 1. The number of carbonyl (C=O) groups is 1. The van der Waals surface area contributed by atoms with Crippen LogP contribution >= 0.6 is 0 Å². The van der Waals surface area contributed by atoms with Gasteiger partial charge in [0.05, 0.1) is 0 Å². The number of aliphatic carboxylic acids is 1. The van der Waals surface area contributed by atoms with Gasteiger partial charge in [-0.15, -0.1) is 0 Å². The molecule has 2 atom stereocenters. The van der Waals surface area contributed by atoms with Crippen LogP contribution in [0.3, 0.4) is 0 Å². The molecule has 2 heterocycles. The summed E-state index contributed by atoms with van der Waals surface area (Å²) in [5.74, 6) is -0.0982. The molecule has 1 N–H and O–H groups in total. The third-order valence-electron chi connectivity index (χ3n) is 7.09. The van der Waals surface area contributed by atoms with Crippen molar-refractivity contribution in [3.8, 4) is 0 Å². The van der Waals surface area contributed by atoms with Crippen molar-refractivity contribution in [2.75, 3.05) is 13.1 Å². The Labute approximate surface area is 186 Å². The van der Waals surface area contributed by atoms with Crippen molar-refractivity contribution < 1.29 is 9.90 Å². The lowest BCUT2D eigenvalue weighted by molar-refractivity contribution is -0.143. The monoisotopic (exact) mass is 420 g/mol. The summed E-state index contributed by atoms with van der Waals surface area (Å²) in [6, 6.07) is 11.6. The topological polar surface area (TPSA) is 53.4 Å². The van der Waals surface area contributed by atoms with Crippen LogP contribution in [0.4, 0.5) is 0 Å². The Morgan fingerprint density at radius 3 is 2.74 bits per heavy atom. The Hall–Kier alpha value is -2.20. The second-order valence-corrected chi connectivity index (χ2v) is 9.41. The van der Waals surface area contributed by atoms with Crippen LogP contribution < -0.4 is 0 Å². The number of carboxylic acids is 1. The smallest absolute Gasteiger partial charge is 0.325 e. The SMILES string of the molecule is O=C(O)C(c1ccccc1)N1CC[C@@H](CCCCCCc2cnc3c(c2)CCCC3)C1. The van der Waals surface area contributed by atoms with E-state index in [0.717, 1.165) is 37.9 Å². The van der Waals surface area contributed by atoms with Gasteiger partial charge >= 0.3 is 5.97 Å².